The molecule has 6 nitrogen and oxygen atoms in total. The number of hydrogen-bond donors (Lipinski definition) is 3. The molecule has 0 saturated heterocycles. The van der Waals surface area contributed by atoms with Crippen LogP contribution in [0.2, 0.25) is 0 Å². The molecule has 0 radical (unpaired) electrons. The van der Waals surface area contributed by atoms with Crippen LogP contribution >= 0.6 is 0 Å². The number of rotatable bonds is 9. The molecule has 2 amide bonds. The zero-order chi connectivity index (χ0) is 19.2. The van der Waals surface area contributed by atoms with Crippen molar-refractivity contribution in [3.63, 3.8) is 0 Å². The van der Waals surface area contributed by atoms with Gasteiger partial charge >= 0.3 is 0 Å². The molecular formula is C17H23F2N3O3. The van der Waals surface area contributed by atoms with E-state index >= 15 is 0 Å². The fraction of sp³-hybridized carbons (Fsp3) is 0.471. The fourth-order valence-corrected chi connectivity index (χ4v) is 2.47. The van der Waals surface area contributed by atoms with Gasteiger partial charge in [-0.15, -0.1) is 0 Å². The van der Waals surface area contributed by atoms with E-state index in [-0.39, 0.29) is 18.4 Å². The topological polar surface area (TPSA) is 115 Å². The van der Waals surface area contributed by atoms with Crippen LogP contribution in [0, 0.1) is 11.6 Å². The maximum absolute atomic E-state index is 13.1. The Labute approximate surface area is 144 Å². The summed E-state index contributed by atoms with van der Waals surface area (Å²) >= 11 is 0. The summed E-state index contributed by atoms with van der Waals surface area (Å²) in [6.45, 7) is 3.25. The second kappa shape index (κ2) is 8.66. The monoisotopic (exact) mass is 355 g/mol. The number of amides is 2. The number of ketones is 1. The van der Waals surface area contributed by atoms with Gasteiger partial charge in [0.25, 0.3) is 0 Å². The minimum absolute atomic E-state index is 0.0764. The Bertz CT molecular complexity index is 646. The van der Waals surface area contributed by atoms with Crippen molar-refractivity contribution in [3.05, 3.63) is 35.4 Å². The second-order valence-corrected chi connectivity index (χ2v) is 6.05. The number of primary amides is 1. The molecule has 0 heterocycles. The average Bonchev–Trinajstić information content (AvgIpc) is 2.50. The van der Waals surface area contributed by atoms with Crippen molar-refractivity contribution < 1.29 is 23.2 Å². The largest absolute Gasteiger partial charge is 0.368 e. The van der Waals surface area contributed by atoms with Crippen molar-refractivity contribution in [1.82, 2.24) is 5.32 Å². The number of Topliss-reactive ketones (excluding diaryl/α,β-unsaturated/α-hetero) is 1. The van der Waals surface area contributed by atoms with Gasteiger partial charge in [-0.3, -0.25) is 14.4 Å². The van der Waals surface area contributed by atoms with Crippen molar-refractivity contribution in [2.75, 3.05) is 0 Å². The third-order valence-corrected chi connectivity index (χ3v) is 3.86. The van der Waals surface area contributed by atoms with Crippen LogP contribution in [0.1, 0.15) is 38.7 Å². The van der Waals surface area contributed by atoms with E-state index in [9.17, 15) is 23.2 Å². The Morgan fingerprint density at radius 2 is 1.76 bits per heavy atom. The Kier molecular flexibility index (Phi) is 7.17. The highest BCUT2D eigenvalue weighted by atomic mass is 19.1. The molecule has 0 aromatic heterocycles. The summed E-state index contributed by atoms with van der Waals surface area (Å²) in [6, 6.07) is 1.66. The molecule has 0 saturated carbocycles. The highest BCUT2D eigenvalue weighted by Crippen LogP contribution is 2.15. The molecule has 5 N–H and O–H groups in total. The van der Waals surface area contributed by atoms with Gasteiger partial charge in [0.2, 0.25) is 11.8 Å². The Hall–Kier alpha value is -2.35. The van der Waals surface area contributed by atoms with Crippen molar-refractivity contribution in [2.24, 2.45) is 11.5 Å². The molecule has 2 atom stereocenters. The van der Waals surface area contributed by atoms with E-state index in [0.717, 1.165) is 12.1 Å². The summed E-state index contributed by atoms with van der Waals surface area (Å²) in [5.74, 6) is -3.90. The third kappa shape index (κ3) is 5.60. The van der Waals surface area contributed by atoms with Crippen LogP contribution < -0.4 is 16.8 Å². The molecule has 0 unspecified atom stereocenters. The van der Waals surface area contributed by atoms with Crippen LogP contribution in [-0.2, 0) is 20.8 Å². The first-order valence-corrected chi connectivity index (χ1v) is 7.97. The van der Waals surface area contributed by atoms with E-state index in [0.29, 0.717) is 18.9 Å². The molecule has 1 aromatic carbocycles. The van der Waals surface area contributed by atoms with Crippen LogP contribution in [0.4, 0.5) is 8.78 Å². The highest BCUT2D eigenvalue weighted by Gasteiger charge is 2.42. The zero-order valence-corrected chi connectivity index (χ0v) is 14.3. The van der Waals surface area contributed by atoms with Crippen molar-refractivity contribution in [2.45, 2.75) is 51.1 Å². The predicted molar refractivity (Wildman–Crippen MR) is 88.3 cm³/mol. The molecule has 0 aliphatic rings. The summed E-state index contributed by atoms with van der Waals surface area (Å²) < 4.78 is 26.3. The summed E-state index contributed by atoms with van der Waals surface area (Å²) in [5.41, 5.74) is 9.37. The Morgan fingerprint density at radius 3 is 2.24 bits per heavy atom. The quantitative estimate of drug-likeness (QED) is 0.572. The number of carbonyl (C=O) groups excluding carboxylic acids is 3. The first-order valence-electron chi connectivity index (χ1n) is 7.97. The van der Waals surface area contributed by atoms with Crippen molar-refractivity contribution >= 4 is 17.6 Å². The van der Waals surface area contributed by atoms with Gasteiger partial charge in [-0.2, -0.15) is 0 Å². The molecule has 25 heavy (non-hydrogen) atoms. The lowest BCUT2D eigenvalue weighted by molar-refractivity contribution is -0.137. The molecule has 138 valence electrons. The maximum Gasteiger partial charge on any atom is 0.245 e. The molecule has 0 bridgehead atoms. The van der Waals surface area contributed by atoms with E-state index in [1.807, 2.05) is 6.92 Å². The number of carbonyl (C=O) groups is 3. The van der Waals surface area contributed by atoms with Gasteiger partial charge in [0, 0.05) is 6.07 Å². The minimum atomic E-state index is -1.87. The SMILES string of the molecule is CCCC[C@@](N)(C(N)=O)C(=O)[C@H](C)NC(=O)Cc1cc(F)cc(F)c1. The Balaban J connectivity index is 2.78. The molecule has 8 heteroatoms. The van der Waals surface area contributed by atoms with E-state index < -0.39 is 40.8 Å². The van der Waals surface area contributed by atoms with Crippen molar-refractivity contribution in [1.29, 1.82) is 0 Å². The minimum Gasteiger partial charge on any atom is -0.368 e. The molecule has 0 fully saturated rings. The maximum atomic E-state index is 13.1. The normalized spacial score (nSPS) is 14.4. The molecule has 0 spiro atoms. The number of nitrogens with two attached hydrogens (primary N) is 2. The summed E-state index contributed by atoms with van der Waals surface area (Å²) in [7, 11) is 0. The fourth-order valence-electron chi connectivity index (χ4n) is 2.47. The van der Waals surface area contributed by atoms with Crippen molar-refractivity contribution in [3.8, 4) is 0 Å². The number of nitrogens with one attached hydrogen (secondary N) is 1. The Morgan fingerprint density at radius 1 is 1.20 bits per heavy atom. The molecule has 0 aliphatic carbocycles. The summed E-state index contributed by atoms with van der Waals surface area (Å²) in [4.78, 5) is 36.0. The van der Waals surface area contributed by atoms with Crippen LogP contribution in [0.3, 0.4) is 0 Å². The van der Waals surface area contributed by atoms with Gasteiger partial charge < -0.3 is 16.8 Å². The van der Waals surface area contributed by atoms with Gasteiger partial charge in [-0.05, 0) is 31.0 Å². The van der Waals surface area contributed by atoms with Crippen LogP contribution in [0.25, 0.3) is 0 Å². The standard InChI is InChI=1S/C17H23F2N3O3/c1-3-4-5-17(21,16(20)25)15(24)10(2)22-14(23)8-11-6-12(18)9-13(19)7-11/h6-7,9-10H,3-5,8,21H2,1-2H3,(H2,20,25)(H,22,23)/t10-,17-/m0/s1. The van der Waals surface area contributed by atoms with Gasteiger partial charge in [0.1, 0.15) is 11.6 Å². The van der Waals surface area contributed by atoms with E-state index in [2.05, 4.69) is 5.32 Å². The van der Waals surface area contributed by atoms with Crippen LogP contribution in [0.5, 0.6) is 0 Å². The molecule has 1 rings (SSSR count). The van der Waals surface area contributed by atoms with Crippen LogP contribution in [-0.4, -0.2) is 29.2 Å². The first kappa shape index (κ1) is 20.7. The molecule has 0 aliphatic heterocycles. The van der Waals surface area contributed by atoms with Crippen LogP contribution in [0.15, 0.2) is 18.2 Å². The molecule has 1 aromatic rings. The van der Waals surface area contributed by atoms with E-state index in [1.54, 1.807) is 0 Å². The first-order chi connectivity index (χ1) is 11.6. The predicted octanol–water partition coefficient (Wildman–Crippen LogP) is 0.954. The number of unbranched alkanes of at least 4 members (excludes halogenated alkanes) is 1. The van der Waals surface area contributed by atoms with Gasteiger partial charge in [0.15, 0.2) is 11.3 Å². The average molecular weight is 355 g/mol. The second-order valence-electron chi connectivity index (χ2n) is 6.05. The number of hydrogen-bond acceptors (Lipinski definition) is 4. The van der Waals surface area contributed by atoms with E-state index in [1.165, 1.54) is 6.92 Å². The smallest absolute Gasteiger partial charge is 0.245 e. The third-order valence-electron chi connectivity index (χ3n) is 3.86. The lowest BCUT2D eigenvalue weighted by atomic mass is 9.85. The number of benzene rings is 1. The van der Waals surface area contributed by atoms with Gasteiger partial charge in [0.05, 0.1) is 12.5 Å². The number of halogens is 2. The zero-order valence-electron chi connectivity index (χ0n) is 14.3. The van der Waals surface area contributed by atoms with Gasteiger partial charge in [-0.1, -0.05) is 19.8 Å². The van der Waals surface area contributed by atoms with Gasteiger partial charge in [-0.25, -0.2) is 8.78 Å². The highest BCUT2D eigenvalue weighted by molar-refractivity contribution is 6.12. The lowest BCUT2D eigenvalue weighted by Crippen LogP contribution is -2.63. The summed E-state index contributed by atoms with van der Waals surface area (Å²) in [6.07, 6.45) is 0.988. The van der Waals surface area contributed by atoms with E-state index in [4.69, 9.17) is 11.5 Å². The summed E-state index contributed by atoms with van der Waals surface area (Å²) in [5, 5.41) is 2.38. The lowest BCUT2D eigenvalue weighted by Gasteiger charge is -2.27. The molecular weight excluding hydrogens is 332 g/mol.